The first kappa shape index (κ1) is 12.8. The van der Waals surface area contributed by atoms with Gasteiger partial charge in [0.15, 0.2) is 11.3 Å². The van der Waals surface area contributed by atoms with Crippen molar-refractivity contribution in [1.29, 1.82) is 0 Å². The number of methoxy groups -OCH3 is 1. The van der Waals surface area contributed by atoms with Gasteiger partial charge in [-0.1, -0.05) is 11.6 Å². The van der Waals surface area contributed by atoms with Crippen LogP contribution in [-0.4, -0.2) is 20.3 Å². The maximum atomic E-state index is 6.25. The Kier molecular flexibility index (Phi) is 3.39. The third-order valence-electron chi connectivity index (χ3n) is 3.59. The molecule has 1 aromatic carbocycles. The second kappa shape index (κ2) is 5.04. The molecule has 0 amide bonds. The van der Waals surface area contributed by atoms with E-state index in [1.54, 1.807) is 13.2 Å². The lowest BCUT2D eigenvalue weighted by Gasteiger charge is -2.14. The molecule has 0 radical (unpaired) electrons. The minimum Gasteiger partial charge on any atom is -0.493 e. The minimum absolute atomic E-state index is 0.154. The summed E-state index contributed by atoms with van der Waals surface area (Å²) < 4.78 is 16.5. The maximum absolute atomic E-state index is 6.25. The van der Waals surface area contributed by atoms with E-state index < -0.39 is 0 Å². The molecule has 1 fully saturated rings. The van der Waals surface area contributed by atoms with Crippen LogP contribution in [-0.2, 0) is 4.74 Å². The molecule has 0 saturated carbocycles. The minimum atomic E-state index is -0.154. The fourth-order valence-corrected chi connectivity index (χ4v) is 2.71. The molecule has 2 heterocycles. The first-order valence-corrected chi connectivity index (χ1v) is 6.67. The van der Waals surface area contributed by atoms with Gasteiger partial charge in [-0.3, -0.25) is 0 Å². The van der Waals surface area contributed by atoms with Crippen LogP contribution >= 0.6 is 11.6 Å². The Hall–Kier alpha value is -1.23. The topological polar surface area (TPSA) is 57.6 Å². The SMILES string of the molecule is COc1cc(Cl)cc2cc(C(N)C3CCOC3)oc12. The van der Waals surface area contributed by atoms with Crippen LogP contribution in [0.5, 0.6) is 5.75 Å². The third kappa shape index (κ3) is 2.31. The van der Waals surface area contributed by atoms with E-state index in [1.165, 1.54) is 0 Å². The van der Waals surface area contributed by atoms with Gasteiger partial charge in [-0.05, 0) is 18.6 Å². The second-order valence-electron chi connectivity index (χ2n) is 4.82. The second-order valence-corrected chi connectivity index (χ2v) is 5.26. The zero-order chi connectivity index (χ0) is 13.4. The number of hydrogen-bond acceptors (Lipinski definition) is 4. The lowest BCUT2D eigenvalue weighted by Crippen LogP contribution is -2.20. The summed E-state index contributed by atoms with van der Waals surface area (Å²) in [6, 6.07) is 5.37. The molecule has 1 aromatic heterocycles. The van der Waals surface area contributed by atoms with E-state index in [0.717, 1.165) is 24.2 Å². The summed E-state index contributed by atoms with van der Waals surface area (Å²) in [5, 5.41) is 1.53. The van der Waals surface area contributed by atoms with E-state index in [0.29, 0.717) is 28.9 Å². The van der Waals surface area contributed by atoms with Gasteiger partial charge in [0.25, 0.3) is 0 Å². The first-order chi connectivity index (χ1) is 9.19. The molecule has 1 saturated heterocycles. The molecule has 0 bridgehead atoms. The van der Waals surface area contributed by atoms with Gasteiger partial charge in [-0.2, -0.15) is 0 Å². The number of rotatable bonds is 3. The average molecular weight is 282 g/mol. The Morgan fingerprint density at radius 1 is 1.42 bits per heavy atom. The zero-order valence-corrected chi connectivity index (χ0v) is 11.4. The molecule has 102 valence electrons. The number of hydrogen-bond donors (Lipinski definition) is 1. The fraction of sp³-hybridized carbons (Fsp3) is 0.429. The molecule has 4 nitrogen and oxygen atoms in total. The summed E-state index contributed by atoms with van der Waals surface area (Å²) in [6.07, 6.45) is 0.968. The summed E-state index contributed by atoms with van der Waals surface area (Å²) in [7, 11) is 1.60. The van der Waals surface area contributed by atoms with Crippen LogP contribution in [0.2, 0.25) is 5.02 Å². The molecule has 2 atom stereocenters. The number of nitrogens with two attached hydrogens (primary N) is 1. The van der Waals surface area contributed by atoms with Gasteiger partial charge in [0.2, 0.25) is 0 Å². The van der Waals surface area contributed by atoms with Crippen LogP contribution in [0.25, 0.3) is 11.0 Å². The fourth-order valence-electron chi connectivity index (χ4n) is 2.49. The molecular weight excluding hydrogens is 266 g/mol. The van der Waals surface area contributed by atoms with Gasteiger partial charge in [-0.15, -0.1) is 0 Å². The molecule has 3 rings (SSSR count). The van der Waals surface area contributed by atoms with Crippen LogP contribution in [0.4, 0.5) is 0 Å². The van der Waals surface area contributed by atoms with Gasteiger partial charge in [0.1, 0.15) is 5.76 Å². The molecular formula is C14H16ClNO3. The number of fused-ring (bicyclic) bond motifs is 1. The smallest absolute Gasteiger partial charge is 0.176 e. The van der Waals surface area contributed by atoms with Crippen LogP contribution in [0.1, 0.15) is 18.2 Å². The predicted octanol–water partition coefficient (Wildman–Crippen LogP) is 3.13. The molecule has 2 unspecified atom stereocenters. The van der Waals surface area contributed by atoms with Crippen molar-refractivity contribution in [2.75, 3.05) is 20.3 Å². The number of benzene rings is 1. The van der Waals surface area contributed by atoms with E-state index >= 15 is 0 Å². The van der Waals surface area contributed by atoms with Gasteiger partial charge in [-0.25, -0.2) is 0 Å². The highest BCUT2D eigenvalue weighted by Crippen LogP contribution is 2.36. The quantitative estimate of drug-likeness (QED) is 0.939. The van der Waals surface area contributed by atoms with E-state index in [2.05, 4.69) is 0 Å². The Balaban J connectivity index is 2.01. The summed E-state index contributed by atoms with van der Waals surface area (Å²) in [6.45, 7) is 1.46. The van der Waals surface area contributed by atoms with Crippen molar-refractivity contribution in [2.45, 2.75) is 12.5 Å². The Morgan fingerprint density at radius 3 is 2.95 bits per heavy atom. The lowest BCUT2D eigenvalue weighted by molar-refractivity contribution is 0.178. The predicted molar refractivity (Wildman–Crippen MR) is 73.6 cm³/mol. The van der Waals surface area contributed by atoms with Gasteiger partial charge < -0.3 is 19.6 Å². The highest BCUT2D eigenvalue weighted by atomic mass is 35.5. The third-order valence-corrected chi connectivity index (χ3v) is 3.81. The van der Waals surface area contributed by atoms with E-state index in [-0.39, 0.29) is 6.04 Å². The molecule has 0 spiro atoms. The van der Waals surface area contributed by atoms with Gasteiger partial charge in [0, 0.05) is 29.0 Å². The van der Waals surface area contributed by atoms with Crippen LogP contribution in [0.3, 0.4) is 0 Å². The first-order valence-electron chi connectivity index (χ1n) is 6.29. The van der Waals surface area contributed by atoms with Crippen molar-refractivity contribution < 1.29 is 13.9 Å². The van der Waals surface area contributed by atoms with E-state index in [4.69, 9.17) is 31.2 Å². The number of ether oxygens (including phenoxy) is 2. The van der Waals surface area contributed by atoms with Crippen LogP contribution in [0, 0.1) is 5.92 Å². The summed E-state index contributed by atoms with van der Waals surface area (Å²) in [5.74, 6) is 1.69. The highest BCUT2D eigenvalue weighted by molar-refractivity contribution is 6.31. The summed E-state index contributed by atoms with van der Waals surface area (Å²) in [4.78, 5) is 0. The highest BCUT2D eigenvalue weighted by Gasteiger charge is 2.27. The van der Waals surface area contributed by atoms with Crippen LogP contribution in [0.15, 0.2) is 22.6 Å². The van der Waals surface area contributed by atoms with Crippen molar-refractivity contribution in [3.8, 4) is 5.75 Å². The van der Waals surface area contributed by atoms with Gasteiger partial charge in [0.05, 0.1) is 19.8 Å². The molecule has 2 N–H and O–H groups in total. The van der Waals surface area contributed by atoms with Crippen molar-refractivity contribution in [2.24, 2.45) is 11.7 Å². The average Bonchev–Trinajstić information content (AvgIpc) is 3.05. The molecule has 0 aliphatic carbocycles. The molecule has 19 heavy (non-hydrogen) atoms. The van der Waals surface area contributed by atoms with Crippen molar-refractivity contribution in [3.05, 3.63) is 29.0 Å². The molecule has 1 aliphatic heterocycles. The zero-order valence-electron chi connectivity index (χ0n) is 10.7. The number of furan rings is 1. The van der Waals surface area contributed by atoms with Crippen molar-refractivity contribution >= 4 is 22.6 Å². The standard InChI is InChI=1S/C14H16ClNO3/c1-17-12-6-10(15)4-9-5-11(19-14(9)12)13(16)8-2-3-18-7-8/h4-6,8,13H,2-3,7,16H2,1H3. The Labute approximate surface area is 116 Å². The van der Waals surface area contributed by atoms with E-state index in [1.807, 2.05) is 12.1 Å². The molecule has 2 aromatic rings. The Bertz CT molecular complexity index is 590. The maximum Gasteiger partial charge on any atom is 0.176 e. The van der Waals surface area contributed by atoms with Crippen LogP contribution < -0.4 is 10.5 Å². The van der Waals surface area contributed by atoms with Crippen molar-refractivity contribution in [1.82, 2.24) is 0 Å². The van der Waals surface area contributed by atoms with Gasteiger partial charge >= 0.3 is 0 Å². The summed E-state index contributed by atoms with van der Waals surface area (Å²) in [5.41, 5.74) is 6.94. The van der Waals surface area contributed by atoms with Crippen molar-refractivity contribution in [3.63, 3.8) is 0 Å². The largest absolute Gasteiger partial charge is 0.493 e. The molecule has 1 aliphatic rings. The summed E-state index contributed by atoms with van der Waals surface area (Å²) >= 11 is 6.05. The normalized spacial score (nSPS) is 20.9. The Morgan fingerprint density at radius 2 is 2.26 bits per heavy atom. The molecule has 5 heteroatoms. The van der Waals surface area contributed by atoms with E-state index in [9.17, 15) is 0 Å². The number of halogens is 1. The lowest BCUT2D eigenvalue weighted by atomic mass is 9.98. The monoisotopic (exact) mass is 281 g/mol.